The lowest BCUT2D eigenvalue weighted by atomic mass is 9.79. The number of hydrogen-bond acceptors (Lipinski definition) is 8. The summed E-state index contributed by atoms with van der Waals surface area (Å²) in [4.78, 5) is 5.18. The molecule has 2 aliphatic heterocycles. The number of rotatable bonds is 6. The minimum Gasteiger partial charge on any atom is -0.395 e. The Bertz CT molecular complexity index is 383. The summed E-state index contributed by atoms with van der Waals surface area (Å²) < 4.78 is 27.2. The van der Waals surface area contributed by atoms with Crippen molar-refractivity contribution in [3.05, 3.63) is 0 Å². The molecule has 0 aromatic carbocycles. The topological polar surface area (TPSA) is 88.0 Å². The van der Waals surface area contributed by atoms with Crippen LogP contribution in [-0.2, 0) is 28.5 Å². The molecular formula is C13H21NO7. The average molecular weight is 303 g/mol. The molecule has 0 amide bonds. The minimum absolute atomic E-state index is 0.0869. The van der Waals surface area contributed by atoms with E-state index in [2.05, 4.69) is 5.16 Å². The van der Waals surface area contributed by atoms with Gasteiger partial charge >= 0.3 is 0 Å². The second-order valence-electron chi connectivity index (χ2n) is 5.25. The van der Waals surface area contributed by atoms with Gasteiger partial charge in [0.2, 0.25) is 5.79 Å². The summed E-state index contributed by atoms with van der Waals surface area (Å²) in [5.41, 5.74) is 0.673. The van der Waals surface area contributed by atoms with Gasteiger partial charge in [-0.1, -0.05) is 5.16 Å². The molecule has 0 aromatic rings. The van der Waals surface area contributed by atoms with Crippen molar-refractivity contribution in [1.82, 2.24) is 0 Å². The van der Waals surface area contributed by atoms with Gasteiger partial charge in [-0.2, -0.15) is 0 Å². The Kier molecular flexibility index (Phi) is 4.72. The van der Waals surface area contributed by atoms with Gasteiger partial charge in [0.25, 0.3) is 0 Å². The van der Waals surface area contributed by atoms with E-state index in [1.807, 2.05) is 0 Å². The van der Waals surface area contributed by atoms with Crippen molar-refractivity contribution in [2.24, 2.45) is 11.1 Å². The van der Waals surface area contributed by atoms with Crippen LogP contribution in [-0.4, -0.2) is 75.8 Å². The third-order valence-electron chi connectivity index (χ3n) is 3.94. The lowest BCUT2D eigenvalue weighted by Crippen LogP contribution is -2.58. The van der Waals surface area contributed by atoms with Gasteiger partial charge in [-0.25, -0.2) is 0 Å². The van der Waals surface area contributed by atoms with Gasteiger partial charge in [0.1, 0.15) is 19.1 Å². The van der Waals surface area contributed by atoms with E-state index in [4.69, 9.17) is 28.5 Å². The molecule has 1 spiro atoms. The highest BCUT2D eigenvalue weighted by atomic mass is 16.7. The van der Waals surface area contributed by atoms with Crippen LogP contribution in [0.3, 0.4) is 0 Å². The third-order valence-corrected chi connectivity index (χ3v) is 3.94. The second-order valence-corrected chi connectivity index (χ2v) is 5.25. The Labute approximate surface area is 122 Å². The van der Waals surface area contributed by atoms with Gasteiger partial charge in [-0.05, 0) is 0 Å². The number of nitrogens with zero attached hydrogens (tertiary/aromatic N) is 1. The Morgan fingerprint density at radius 2 is 2.14 bits per heavy atom. The van der Waals surface area contributed by atoms with Gasteiger partial charge in [0.05, 0.1) is 44.6 Å². The summed E-state index contributed by atoms with van der Waals surface area (Å²) in [6, 6.07) is 0. The molecule has 8 heteroatoms. The highest BCUT2D eigenvalue weighted by Gasteiger charge is 2.57. The molecule has 3 rings (SSSR count). The van der Waals surface area contributed by atoms with Crippen molar-refractivity contribution < 1.29 is 33.6 Å². The molecule has 0 radical (unpaired) electrons. The van der Waals surface area contributed by atoms with Crippen molar-refractivity contribution in [2.45, 2.75) is 24.4 Å². The zero-order valence-electron chi connectivity index (χ0n) is 12.0. The Morgan fingerprint density at radius 3 is 2.90 bits per heavy atom. The van der Waals surface area contributed by atoms with Crippen molar-refractivity contribution in [3.63, 3.8) is 0 Å². The summed E-state index contributed by atoms with van der Waals surface area (Å²) in [5.74, 6) is -1.13. The highest BCUT2D eigenvalue weighted by Crippen LogP contribution is 2.40. The highest BCUT2D eigenvalue weighted by molar-refractivity contribution is 5.95. The zero-order valence-corrected chi connectivity index (χ0v) is 12.0. The van der Waals surface area contributed by atoms with E-state index in [1.54, 1.807) is 7.11 Å². The van der Waals surface area contributed by atoms with Crippen LogP contribution in [0.4, 0.5) is 0 Å². The lowest BCUT2D eigenvalue weighted by Gasteiger charge is -2.41. The Hall–Kier alpha value is -0.770. The van der Waals surface area contributed by atoms with Crippen LogP contribution in [0.5, 0.6) is 0 Å². The summed E-state index contributed by atoms with van der Waals surface area (Å²) in [6.45, 7) is 2.36. The van der Waals surface area contributed by atoms with E-state index >= 15 is 0 Å². The number of aliphatic hydroxyl groups is 1. The van der Waals surface area contributed by atoms with E-state index in [1.165, 1.54) is 0 Å². The van der Waals surface area contributed by atoms with Crippen LogP contribution in [0, 0.1) is 5.92 Å². The maximum atomic E-state index is 10.4. The van der Waals surface area contributed by atoms with Crippen LogP contribution in [0.25, 0.3) is 0 Å². The smallest absolute Gasteiger partial charge is 0.214 e. The maximum Gasteiger partial charge on any atom is 0.214 e. The van der Waals surface area contributed by atoms with Crippen LogP contribution < -0.4 is 0 Å². The molecule has 1 saturated carbocycles. The average Bonchev–Trinajstić information content (AvgIpc) is 3.11. The van der Waals surface area contributed by atoms with Crippen LogP contribution >= 0.6 is 0 Å². The molecule has 21 heavy (non-hydrogen) atoms. The predicted octanol–water partition coefficient (Wildman–Crippen LogP) is -0.498. The van der Waals surface area contributed by atoms with Crippen molar-refractivity contribution in [2.75, 3.05) is 46.9 Å². The molecule has 1 N–H and O–H groups in total. The number of methoxy groups -OCH3 is 1. The SMILES string of the molecule is COCCOCO[C@H]1[C@H](O)CC2(OCCO2)C2=NOC[C@H]21. The molecule has 1 saturated heterocycles. The summed E-state index contributed by atoms with van der Waals surface area (Å²) in [5, 5.41) is 14.4. The summed E-state index contributed by atoms with van der Waals surface area (Å²) >= 11 is 0. The number of fused-ring (bicyclic) bond motifs is 2. The molecule has 3 aliphatic rings. The number of oxime groups is 1. The van der Waals surface area contributed by atoms with Crippen LogP contribution in [0.15, 0.2) is 5.16 Å². The first-order valence-corrected chi connectivity index (χ1v) is 7.11. The first kappa shape index (κ1) is 15.1. The molecule has 1 aliphatic carbocycles. The number of aliphatic hydroxyl groups excluding tert-OH is 1. The van der Waals surface area contributed by atoms with Gasteiger partial charge in [0, 0.05) is 13.5 Å². The first-order valence-electron chi connectivity index (χ1n) is 7.11. The van der Waals surface area contributed by atoms with E-state index in [0.29, 0.717) is 38.7 Å². The van der Waals surface area contributed by atoms with Gasteiger partial charge in [-0.3, -0.25) is 0 Å². The summed E-state index contributed by atoms with van der Waals surface area (Å²) in [7, 11) is 1.61. The Morgan fingerprint density at radius 1 is 1.33 bits per heavy atom. The van der Waals surface area contributed by atoms with Crippen molar-refractivity contribution >= 4 is 5.71 Å². The Balaban J connectivity index is 1.60. The molecule has 3 atom stereocenters. The molecule has 0 aromatic heterocycles. The molecular weight excluding hydrogens is 282 g/mol. The molecule has 0 unspecified atom stereocenters. The third kappa shape index (κ3) is 2.92. The molecule has 120 valence electrons. The van der Waals surface area contributed by atoms with E-state index < -0.39 is 18.0 Å². The zero-order chi connectivity index (χ0) is 14.7. The van der Waals surface area contributed by atoms with E-state index in [-0.39, 0.29) is 19.1 Å². The molecule has 2 fully saturated rings. The van der Waals surface area contributed by atoms with Gasteiger partial charge in [0.15, 0.2) is 0 Å². The minimum atomic E-state index is -0.947. The fourth-order valence-electron chi connectivity index (χ4n) is 2.98. The molecule has 0 bridgehead atoms. The van der Waals surface area contributed by atoms with Crippen molar-refractivity contribution in [3.8, 4) is 0 Å². The predicted molar refractivity (Wildman–Crippen MR) is 69.7 cm³/mol. The normalized spacial score (nSPS) is 33.8. The van der Waals surface area contributed by atoms with Crippen molar-refractivity contribution in [1.29, 1.82) is 0 Å². The van der Waals surface area contributed by atoms with Gasteiger partial charge in [-0.15, -0.1) is 0 Å². The van der Waals surface area contributed by atoms with E-state index in [0.717, 1.165) is 0 Å². The quantitative estimate of drug-likeness (QED) is 0.523. The lowest BCUT2D eigenvalue weighted by molar-refractivity contribution is -0.190. The van der Waals surface area contributed by atoms with E-state index in [9.17, 15) is 5.11 Å². The molecule has 8 nitrogen and oxygen atoms in total. The fraction of sp³-hybridized carbons (Fsp3) is 0.923. The van der Waals surface area contributed by atoms with Crippen LogP contribution in [0.2, 0.25) is 0 Å². The monoisotopic (exact) mass is 303 g/mol. The fourth-order valence-corrected chi connectivity index (χ4v) is 2.98. The van der Waals surface area contributed by atoms with Gasteiger partial charge < -0.3 is 33.6 Å². The maximum absolute atomic E-state index is 10.4. The number of hydrogen-bond donors (Lipinski definition) is 1. The molecule has 2 heterocycles. The second kappa shape index (κ2) is 6.55. The largest absolute Gasteiger partial charge is 0.395 e. The number of ether oxygens (including phenoxy) is 5. The van der Waals surface area contributed by atoms with Crippen LogP contribution in [0.1, 0.15) is 6.42 Å². The summed E-state index contributed by atoms with van der Waals surface area (Å²) in [6.07, 6.45) is -0.874. The standard InChI is InChI=1S/C13H21NO7/c1-16-2-3-17-8-18-11-9-7-21-14-12(9)13(6-10(11)15)19-4-5-20-13/h9-11,15H,2-8H2,1H3/t9-,10+,11+/m0/s1. The first-order chi connectivity index (χ1) is 10.3.